The third-order valence-electron chi connectivity index (χ3n) is 4.94. The molecule has 5 nitrogen and oxygen atoms in total. The molecule has 5 heteroatoms. The van der Waals surface area contributed by atoms with Gasteiger partial charge in [-0.05, 0) is 29.4 Å². The maximum Gasteiger partial charge on any atom is 0.372 e. The lowest BCUT2D eigenvalue weighted by atomic mass is 9.79. The van der Waals surface area contributed by atoms with Crippen LogP contribution in [0.2, 0.25) is 0 Å². The summed E-state index contributed by atoms with van der Waals surface area (Å²) in [7, 11) is 1.62. The fraction of sp³-hybridized carbons (Fsp3) is 0.667. The van der Waals surface area contributed by atoms with Crippen molar-refractivity contribution in [1.29, 1.82) is 0 Å². The number of methoxy groups -OCH3 is 1. The van der Waals surface area contributed by atoms with Crippen molar-refractivity contribution >= 4 is 5.97 Å². The minimum Gasteiger partial charge on any atom is -0.497 e. The number of carbonyl (C=O) groups excluding carboxylic acids is 1. The second kappa shape index (κ2) is 6.86. The molecule has 0 saturated carbocycles. The van der Waals surface area contributed by atoms with Crippen LogP contribution in [0.3, 0.4) is 0 Å². The van der Waals surface area contributed by atoms with Gasteiger partial charge in [-0.1, -0.05) is 48.5 Å². The van der Waals surface area contributed by atoms with E-state index in [1.165, 1.54) is 0 Å². The summed E-state index contributed by atoms with van der Waals surface area (Å²) >= 11 is 0. The standard InChI is InChI=1S/C21H32O5/c1-13-9-10-25-21(13,23)18(22)26-17-15(19(2,3)4)11-14(24-8)12-16(17)20(5,6)7/h11-13,23H,9-10H2,1-8H3/t13-,21-/m0/s1. The first-order chi connectivity index (χ1) is 11.8. The molecule has 146 valence electrons. The molecular weight excluding hydrogens is 332 g/mol. The van der Waals surface area contributed by atoms with Crippen LogP contribution in [0.4, 0.5) is 0 Å². The van der Waals surface area contributed by atoms with Gasteiger partial charge in [0.2, 0.25) is 0 Å². The second-order valence-electron chi connectivity index (χ2n) is 9.18. The molecule has 0 radical (unpaired) electrons. The summed E-state index contributed by atoms with van der Waals surface area (Å²) < 4.78 is 16.6. The van der Waals surface area contributed by atoms with E-state index in [1.807, 2.05) is 12.1 Å². The number of hydrogen-bond donors (Lipinski definition) is 1. The molecule has 1 aromatic rings. The average Bonchev–Trinajstić information content (AvgIpc) is 2.85. The van der Waals surface area contributed by atoms with E-state index in [9.17, 15) is 9.90 Å². The zero-order valence-corrected chi connectivity index (χ0v) is 17.2. The zero-order chi connectivity index (χ0) is 19.9. The van der Waals surface area contributed by atoms with E-state index >= 15 is 0 Å². The van der Waals surface area contributed by atoms with E-state index in [2.05, 4.69) is 41.5 Å². The molecule has 1 aliphatic heterocycles. The van der Waals surface area contributed by atoms with Crippen LogP contribution in [0.5, 0.6) is 11.5 Å². The van der Waals surface area contributed by atoms with Gasteiger partial charge in [-0.15, -0.1) is 0 Å². The minimum absolute atomic E-state index is 0.283. The van der Waals surface area contributed by atoms with Gasteiger partial charge in [-0.3, -0.25) is 0 Å². The summed E-state index contributed by atoms with van der Waals surface area (Å²) in [5.41, 5.74) is 1.14. The van der Waals surface area contributed by atoms with Crippen LogP contribution in [0.25, 0.3) is 0 Å². The maximum atomic E-state index is 12.8. The topological polar surface area (TPSA) is 65.0 Å². The Hall–Kier alpha value is -1.59. The SMILES string of the molecule is COc1cc(C(C)(C)C)c(OC(=O)[C@@]2(O)OCC[C@@H]2C)c(C(C)(C)C)c1. The van der Waals surface area contributed by atoms with E-state index in [1.54, 1.807) is 14.0 Å². The minimum atomic E-state index is -1.90. The first kappa shape index (κ1) is 20.7. The molecule has 2 rings (SSSR count). The Morgan fingerprint density at radius 3 is 2.00 bits per heavy atom. The van der Waals surface area contributed by atoms with E-state index in [0.717, 1.165) is 11.1 Å². The molecule has 1 N–H and O–H groups in total. The number of benzene rings is 1. The summed E-state index contributed by atoms with van der Waals surface area (Å²) in [6, 6.07) is 3.78. The van der Waals surface area contributed by atoms with Crippen LogP contribution in [0, 0.1) is 5.92 Å². The van der Waals surface area contributed by atoms with Crippen LogP contribution in [0.15, 0.2) is 12.1 Å². The third-order valence-corrected chi connectivity index (χ3v) is 4.94. The number of aliphatic hydroxyl groups is 1. The fourth-order valence-electron chi connectivity index (χ4n) is 3.10. The molecule has 0 spiro atoms. The molecule has 1 fully saturated rings. The lowest BCUT2D eigenvalue weighted by molar-refractivity contribution is -0.214. The molecule has 1 aromatic carbocycles. The summed E-state index contributed by atoms with van der Waals surface area (Å²) in [4.78, 5) is 12.8. The van der Waals surface area contributed by atoms with Gasteiger partial charge in [0.15, 0.2) is 0 Å². The Morgan fingerprint density at radius 2 is 1.65 bits per heavy atom. The lowest BCUT2D eigenvalue weighted by Gasteiger charge is -2.31. The van der Waals surface area contributed by atoms with Gasteiger partial charge in [0.1, 0.15) is 11.5 Å². The summed E-state index contributed by atoms with van der Waals surface area (Å²) in [5.74, 6) is -1.78. The van der Waals surface area contributed by atoms with Gasteiger partial charge in [-0.2, -0.15) is 0 Å². The van der Waals surface area contributed by atoms with Gasteiger partial charge < -0.3 is 19.3 Å². The fourth-order valence-corrected chi connectivity index (χ4v) is 3.10. The molecule has 0 aliphatic carbocycles. The van der Waals surface area contributed by atoms with Crippen molar-refractivity contribution in [2.45, 2.75) is 71.5 Å². The molecule has 0 amide bonds. The van der Waals surface area contributed by atoms with Gasteiger partial charge in [0.05, 0.1) is 13.7 Å². The lowest BCUT2D eigenvalue weighted by Crippen LogP contribution is -2.46. The molecule has 1 heterocycles. The number of esters is 1. The van der Waals surface area contributed by atoms with Crippen molar-refractivity contribution in [1.82, 2.24) is 0 Å². The highest BCUT2D eigenvalue weighted by Gasteiger charge is 2.49. The average molecular weight is 364 g/mol. The first-order valence-corrected chi connectivity index (χ1v) is 9.12. The number of ether oxygens (including phenoxy) is 3. The zero-order valence-electron chi connectivity index (χ0n) is 17.2. The third kappa shape index (κ3) is 3.89. The highest BCUT2D eigenvalue weighted by Crippen LogP contribution is 2.43. The molecule has 0 unspecified atom stereocenters. The highest BCUT2D eigenvalue weighted by atomic mass is 16.7. The van der Waals surface area contributed by atoms with Crippen LogP contribution < -0.4 is 9.47 Å². The predicted octanol–water partition coefficient (Wildman–Crippen LogP) is 3.94. The van der Waals surface area contributed by atoms with E-state index in [0.29, 0.717) is 24.5 Å². The van der Waals surface area contributed by atoms with Gasteiger partial charge >= 0.3 is 5.97 Å². The number of hydrogen-bond acceptors (Lipinski definition) is 5. The Balaban J connectivity index is 2.60. The van der Waals surface area contributed by atoms with Crippen molar-refractivity contribution in [3.63, 3.8) is 0 Å². The Labute approximate surface area is 156 Å². The molecule has 0 aromatic heterocycles. The maximum absolute atomic E-state index is 12.8. The summed E-state index contributed by atoms with van der Waals surface area (Å²) in [5, 5.41) is 10.7. The smallest absolute Gasteiger partial charge is 0.372 e. The molecule has 2 atom stereocenters. The van der Waals surface area contributed by atoms with Crippen molar-refractivity contribution in [3.8, 4) is 11.5 Å². The summed E-state index contributed by atoms with van der Waals surface area (Å²) in [6.07, 6.45) is 0.618. The quantitative estimate of drug-likeness (QED) is 0.650. The molecule has 1 aliphatic rings. The molecular formula is C21H32O5. The van der Waals surface area contributed by atoms with E-state index < -0.39 is 11.8 Å². The van der Waals surface area contributed by atoms with Crippen molar-refractivity contribution in [2.75, 3.05) is 13.7 Å². The monoisotopic (exact) mass is 364 g/mol. The summed E-state index contributed by atoms with van der Waals surface area (Å²) in [6.45, 7) is 14.4. The van der Waals surface area contributed by atoms with Crippen LogP contribution in [0.1, 0.15) is 66.0 Å². The van der Waals surface area contributed by atoms with Crippen LogP contribution in [-0.4, -0.2) is 30.6 Å². The van der Waals surface area contributed by atoms with Crippen molar-refractivity contribution < 1.29 is 24.1 Å². The Kier molecular flexibility index (Phi) is 5.46. The Morgan fingerprint density at radius 1 is 1.15 bits per heavy atom. The van der Waals surface area contributed by atoms with E-state index in [4.69, 9.17) is 14.2 Å². The van der Waals surface area contributed by atoms with Gasteiger partial charge in [0, 0.05) is 17.0 Å². The number of rotatable bonds is 3. The Bertz CT molecular complexity index is 646. The normalized spacial score (nSPS) is 23.8. The van der Waals surface area contributed by atoms with E-state index in [-0.39, 0.29) is 16.7 Å². The van der Waals surface area contributed by atoms with Crippen molar-refractivity contribution in [2.24, 2.45) is 5.92 Å². The van der Waals surface area contributed by atoms with Crippen LogP contribution >= 0.6 is 0 Å². The largest absolute Gasteiger partial charge is 0.497 e. The van der Waals surface area contributed by atoms with Crippen LogP contribution in [-0.2, 0) is 20.4 Å². The van der Waals surface area contributed by atoms with Gasteiger partial charge in [0.25, 0.3) is 5.79 Å². The predicted molar refractivity (Wildman–Crippen MR) is 101 cm³/mol. The molecule has 26 heavy (non-hydrogen) atoms. The highest BCUT2D eigenvalue weighted by molar-refractivity contribution is 5.81. The molecule has 0 bridgehead atoms. The first-order valence-electron chi connectivity index (χ1n) is 9.12. The second-order valence-corrected chi connectivity index (χ2v) is 9.18. The van der Waals surface area contributed by atoms with Crippen molar-refractivity contribution in [3.05, 3.63) is 23.3 Å². The molecule has 1 saturated heterocycles. The van der Waals surface area contributed by atoms with Gasteiger partial charge in [-0.25, -0.2) is 4.79 Å². The number of carbonyl (C=O) groups is 1.